The van der Waals surface area contributed by atoms with Crippen molar-refractivity contribution >= 4 is 11.9 Å². The Morgan fingerprint density at radius 1 is 0.308 bits per heavy atom. The Morgan fingerprint density at radius 3 is 0.835 bits per heavy atom. The number of amides is 1. The fourth-order valence-electron chi connectivity index (χ4n) is 13.6. The summed E-state index contributed by atoms with van der Waals surface area (Å²) in [5.74, 6) is -0.00758. The lowest BCUT2D eigenvalue weighted by Gasteiger charge is -2.22. The fraction of sp³-hybridized carbons (Fsp3) is 0.929. The summed E-state index contributed by atoms with van der Waals surface area (Å²) in [4.78, 5) is 24.7. The minimum absolute atomic E-state index is 0.0194. The quantitative estimate of drug-likeness (QED) is 0.0320. The molecule has 0 rings (SSSR count). The van der Waals surface area contributed by atoms with Crippen LogP contribution in [-0.2, 0) is 14.3 Å². The summed E-state index contributed by atoms with van der Waals surface area (Å²) >= 11 is 0. The van der Waals surface area contributed by atoms with Crippen molar-refractivity contribution in [1.82, 2.24) is 5.32 Å². The lowest BCUT2D eigenvalue weighted by molar-refractivity contribution is -0.143. The average molecular weight is 1280 g/mol. The third-order valence-electron chi connectivity index (χ3n) is 20.0. The van der Waals surface area contributed by atoms with E-state index in [2.05, 4.69) is 43.5 Å². The predicted molar refractivity (Wildman–Crippen MR) is 403 cm³/mol. The molecule has 91 heavy (non-hydrogen) atoms. The molecule has 3 N–H and O–H groups in total. The van der Waals surface area contributed by atoms with Gasteiger partial charge in [-0.05, 0) is 57.8 Å². The van der Waals surface area contributed by atoms with Crippen LogP contribution in [0.4, 0.5) is 0 Å². The highest BCUT2D eigenvalue weighted by atomic mass is 16.5. The van der Waals surface area contributed by atoms with Gasteiger partial charge in [0.25, 0.3) is 0 Å². The molecule has 0 aromatic rings. The van der Waals surface area contributed by atoms with E-state index in [1.807, 2.05) is 0 Å². The zero-order chi connectivity index (χ0) is 65.6. The number of allylic oxidation sites excluding steroid dienone is 4. The smallest absolute Gasteiger partial charge is 0.305 e. The molecule has 0 aliphatic heterocycles. The topological polar surface area (TPSA) is 95.9 Å². The van der Waals surface area contributed by atoms with Gasteiger partial charge in [0.15, 0.2) is 0 Å². The largest absolute Gasteiger partial charge is 0.466 e. The van der Waals surface area contributed by atoms with Crippen molar-refractivity contribution in [3.05, 3.63) is 24.3 Å². The molecule has 0 aromatic heterocycles. The molecule has 540 valence electrons. The van der Waals surface area contributed by atoms with E-state index in [1.165, 1.54) is 405 Å². The van der Waals surface area contributed by atoms with Crippen LogP contribution in [0.2, 0.25) is 0 Å². The van der Waals surface area contributed by atoms with E-state index in [4.69, 9.17) is 4.74 Å². The maximum absolute atomic E-state index is 12.6. The molecule has 6 nitrogen and oxygen atoms in total. The first kappa shape index (κ1) is 89.3. The zero-order valence-corrected chi connectivity index (χ0v) is 62.1. The van der Waals surface area contributed by atoms with Crippen LogP contribution in [-0.4, -0.2) is 47.4 Å². The third kappa shape index (κ3) is 77.2. The standard InChI is InChI=1S/C85H165NO5/c1-3-5-7-9-11-13-15-17-19-21-22-23-24-36-39-42-46-49-53-57-61-65-69-73-77-83(88)82(81-87)86-84(89)78-74-70-66-62-58-54-50-47-43-40-37-34-32-30-28-26-25-27-29-31-33-35-38-41-44-48-52-56-60-64-68-72-76-80-91-85(90)79-75-71-67-63-59-55-51-45-20-18-16-14-12-10-8-6-4-2/h29,31,35,38,82-83,87-88H,3-28,30,32-34,36-37,39-81H2,1-2H3,(H,86,89)/b31-29-,38-35-. The summed E-state index contributed by atoms with van der Waals surface area (Å²) < 4.78 is 5.51. The van der Waals surface area contributed by atoms with Crippen molar-refractivity contribution < 1.29 is 24.5 Å². The van der Waals surface area contributed by atoms with Gasteiger partial charge in [-0.1, -0.05) is 436 Å². The maximum atomic E-state index is 12.6. The van der Waals surface area contributed by atoms with E-state index in [-0.39, 0.29) is 18.5 Å². The molecule has 0 fully saturated rings. The molecule has 0 aromatic carbocycles. The molecule has 2 unspecified atom stereocenters. The van der Waals surface area contributed by atoms with Gasteiger partial charge in [0.1, 0.15) is 0 Å². The molecule has 2 atom stereocenters. The number of unbranched alkanes of at least 4 members (excludes halogenated alkanes) is 65. The number of rotatable bonds is 80. The van der Waals surface area contributed by atoms with E-state index in [9.17, 15) is 19.8 Å². The maximum Gasteiger partial charge on any atom is 0.305 e. The number of aliphatic hydroxyl groups excluding tert-OH is 2. The highest BCUT2D eigenvalue weighted by Crippen LogP contribution is 2.21. The second-order valence-electron chi connectivity index (χ2n) is 29.2. The van der Waals surface area contributed by atoms with Gasteiger partial charge in [0, 0.05) is 12.8 Å². The Balaban J connectivity index is 3.37. The Labute approximate surface area is 571 Å². The molecule has 1 amide bonds. The van der Waals surface area contributed by atoms with Crippen LogP contribution < -0.4 is 5.32 Å². The Bertz CT molecular complexity index is 1430. The van der Waals surface area contributed by atoms with Crippen LogP contribution in [0.1, 0.15) is 483 Å². The minimum Gasteiger partial charge on any atom is -0.466 e. The molecule has 0 bridgehead atoms. The number of hydrogen-bond acceptors (Lipinski definition) is 5. The van der Waals surface area contributed by atoms with Gasteiger partial charge in [0.05, 0.1) is 25.4 Å². The summed E-state index contributed by atoms with van der Waals surface area (Å²) in [6, 6.07) is -0.542. The number of hydrogen-bond donors (Lipinski definition) is 3. The van der Waals surface area contributed by atoms with Crippen LogP contribution in [0.25, 0.3) is 0 Å². The molecule has 0 aliphatic rings. The average Bonchev–Trinajstić information content (AvgIpc) is 3.64. The van der Waals surface area contributed by atoms with E-state index < -0.39 is 12.1 Å². The Hall–Kier alpha value is -1.66. The van der Waals surface area contributed by atoms with Crippen molar-refractivity contribution in [2.45, 2.75) is 495 Å². The number of carbonyl (C=O) groups is 2. The van der Waals surface area contributed by atoms with Crippen LogP contribution >= 0.6 is 0 Å². The molecule has 0 aliphatic carbocycles. The van der Waals surface area contributed by atoms with Crippen molar-refractivity contribution in [2.24, 2.45) is 0 Å². The highest BCUT2D eigenvalue weighted by molar-refractivity contribution is 5.76. The first-order valence-corrected chi connectivity index (χ1v) is 42.1. The van der Waals surface area contributed by atoms with Crippen molar-refractivity contribution in [3.63, 3.8) is 0 Å². The van der Waals surface area contributed by atoms with Gasteiger partial charge in [-0.3, -0.25) is 9.59 Å². The second kappa shape index (κ2) is 80.8. The number of ether oxygens (including phenoxy) is 1. The van der Waals surface area contributed by atoms with E-state index in [1.54, 1.807) is 0 Å². The van der Waals surface area contributed by atoms with Crippen LogP contribution in [0.3, 0.4) is 0 Å². The van der Waals surface area contributed by atoms with Gasteiger partial charge in [-0.2, -0.15) is 0 Å². The van der Waals surface area contributed by atoms with E-state index in [0.717, 1.165) is 44.9 Å². The van der Waals surface area contributed by atoms with Crippen molar-refractivity contribution in [3.8, 4) is 0 Å². The molecule has 6 heteroatoms. The minimum atomic E-state index is -0.665. The van der Waals surface area contributed by atoms with Gasteiger partial charge in [-0.15, -0.1) is 0 Å². The number of carbonyl (C=O) groups excluding carboxylic acids is 2. The van der Waals surface area contributed by atoms with Crippen LogP contribution in [0, 0.1) is 0 Å². The van der Waals surface area contributed by atoms with Crippen LogP contribution in [0.5, 0.6) is 0 Å². The zero-order valence-electron chi connectivity index (χ0n) is 62.1. The molecule has 0 saturated heterocycles. The normalized spacial score (nSPS) is 12.5. The molecule has 0 radical (unpaired) electrons. The molecular weight excluding hydrogens is 1110 g/mol. The fourth-order valence-corrected chi connectivity index (χ4v) is 13.6. The monoisotopic (exact) mass is 1280 g/mol. The summed E-state index contributed by atoms with van der Waals surface area (Å²) in [6.07, 6.45) is 104. The summed E-state index contributed by atoms with van der Waals surface area (Å²) in [6.45, 7) is 5.01. The number of nitrogens with one attached hydrogen (secondary N) is 1. The van der Waals surface area contributed by atoms with Gasteiger partial charge in [-0.25, -0.2) is 0 Å². The number of esters is 1. The highest BCUT2D eigenvalue weighted by Gasteiger charge is 2.20. The lowest BCUT2D eigenvalue weighted by atomic mass is 10.0. The Morgan fingerprint density at radius 2 is 0.549 bits per heavy atom. The summed E-state index contributed by atoms with van der Waals surface area (Å²) in [5, 5.41) is 23.5. The van der Waals surface area contributed by atoms with Gasteiger partial charge < -0.3 is 20.3 Å². The molecular formula is C85H165NO5. The van der Waals surface area contributed by atoms with Gasteiger partial charge in [0.2, 0.25) is 5.91 Å². The summed E-state index contributed by atoms with van der Waals surface area (Å²) in [5.41, 5.74) is 0. The number of aliphatic hydroxyl groups is 2. The van der Waals surface area contributed by atoms with Crippen LogP contribution in [0.15, 0.2) is 24.3 Å². The molecule has 0 heterocycles. The SMILES string of the molecule is CCCCCCCCCCCCCCCCCCCCCCCCCCC(O)C(CO)NC(=O)CCCCCCCCCCCCCCCCCCC/C=C\C/C=C\CCCCCCCCCCCOC(=O)CCCCCCCCCCCCCCCCCCC. The van der Waals surface area contributed by atoms with Crippen molar-refractivity contribution in [2.75, 3.05) is 13.2 Å². The third-order valence-corrected chi connectivity index (χ3v) is 20.0. The van der Waals surface area contributed by atoms with E-state index in [0.29, 0.717) is 25.9 Å². The lowest BCUT2D eigenvalue weighted by Crippen LogP contribution is -2.45. The summed E-state index contributed by atoms with van der Waals surface area (Å²) in [7, 11) is 0. The molecule has 0 saturated carbocycles. The Kier molecular flexibility index (Phi) is 79.3. The van der Waals surface area contributed by atoms with Gasteiger partial charge >= 0.3 is 5.97 Å². The first-order valence-electron chi connectivity index (χ1n) is 42.1. The second-order valence-corrected chi connectivity index (χ2v) is 29.2. The van der Waals surface area contributed by atoms with Crippen molar-refractivity contribution in [1.29, 1.82) is 0 Å². The molecule has 0 spiro atoms. The van der Waals surface area contributed by atoms with E-state index >= 15 is 0 Å². The first-order chi connectivity index (χ1) is 45.0. The predicted octanol–water partition coefficient (Wildman–Crippen LogP) is 28.0.